The highest BCUT2D eigenvalue weighted by Crippen LogP contribution is 2.66. The third-order valence-electron chi connectivity index (χ3n) is 7.27. The predicted octanol–water partition coefficient (Wildman–Crippen LogP) is 6.90. The van der Waals surface area contributed by atoms with Gasteiger partial charge in [-0.2, -0.15) is 5.10 Å². The second-order valence-corrected chi connectivity index (χ2v) is 11.6. The van der Waals surface area contributed by atoms with E-state index in [0.717, 1.165) is 24.9 Å². The van der Waals surface area contributed by atoms with Crippen LogP contribution in [-0.4, -0.2) is 12.1 Å². The van der Waals surface area contributed by atoms with Crippen molar-refractivity contribution in [2.75, 3.05) is 0 Å². The van der Waals surface area contributed by atoms with Gasteiger partial charge in [-0.25, -0.2) is 5.43 Å². The molecule has 0 aromatic heterocycles. The zero-order chi connectivity index (χ0) is 23.0. The maximum atomic E-state index is 12.6. The normalized spacial score (nSPS) is 24.0. The van der Waals surface area contributed by atoms with Gasteiger partial charge in [0.05, 0.1) is 13.4 Å². The van der Waals surface area contributed by atoms with Crippen molar-refractivity contribution in [3.63, 3.8) is 0 Å². The Kier molecular flexibility index (Phi) is 6.66. The number of fused-ring (bicyclic) bond motifs is 2. The molecule has 6 heteroatoms. The summed E-state index contributed by atoms with van der Waals surface area (Å²) >= 11 is 4.61. The van der Waals surface area contributed by atoms with Crippen molar-refractivity contribution in [1.29, 1.82) is 0 Å². The highest BCUT2D eigenvalue weighted by Gasteiger charge is 2.64. The number of nitrogens with one attached hydrogen (secondary N) is 1. The van der Waals surface area contributed by atoms with E-state index in [4.69, 9.17) is 4.74 Å². The molecule has 0 bridgehead atoms. The van der Waals surface area contributed by atoms with Crippen LogP contribution in [0.25, 0.3) is 10.8 Å². The molecular weight excluding hydrogens is 638 g/mol. The Morgan fingerprint density at radius 1 is 1.15 bits per heavy atom. The number of amides is 1. The molecule has 2 aliphatic rings. The van der Waals surface area contributed by atoms with Crippen LogP contribution in [0.5, 0.6) is 5.75 Å². The minimum atomic E-state index is 0.0695. The third-order valence-corrected chi connectivity index (χ3v) is 8.88. The van der Waals surface area contributed by atoms with Crippen molar-refractivity contribution in [2.24, 2.45) is 22.4 Å². The fraction of sp³-hybridized carbons (Fsp3) is 0.333. The molecule has 2 fully saturated rings. The number of nitrogens with zero attached hydrogens (tertiary/aromatic N) is 1. The van der Waals surface area contributed by atoms with Crippen molar-refractivity contribution in [2.45, 2.75) is 39.2 Å². The van der Waals surface area contributed by atoms with Crippen LogP contribution >= 0.6 is 45.2 Å². The van der Waals surface area contributed by atoms with Crippen LogP contribution in [0.2, 0.25) is 0 Å². The fourth-order valence-electron chi connectivity index (χ4n) is 5.45. The van der Waals surface area contributed by atoms with Crippen molar-refractivity contribution >= 4 is 68.1 Å². The summed E-state index contributed by atoms with van der Waals surface area (Å²) in [7, 11) is 0. The van der Waals surface area contributed by atoms with E-state index < -0.39 is 0 Å². The molecule has 1 N–H and O–H groups in total. The number of carbonyl (C=O) groups is 1. The first kappa shape index (κ1) is 23.1. The Morgan fingerprint density at radius 3 is 2.67 bits per heavy atom. The molecule has 0 aliphatic heterocycles. The van der Waals surface area contributed by atoms with Crippen molar-refractivity contribution in [3.05, 3.63) is 72.9 Å². The van der Waals surface area contributed by atoms with Crippen molar-refractivity contribution in [1.82, 2.24) is 5.43 Å². The molecular formula is C27H26I2N2O2. The zero-order valence-corrected chi connectivity index (χ0v) is 22.8. The summed E-state index contributed by atoms with van der Waals surface area (Å²) in [6, 6.07) is 18.7. The van der Waals surface area contributed by atoms with Crippen LogP contribution in [0.3, 0.4) is 0 Å². The van der Waals surface area contributed by atoms with Gasteiger partial charge in [-0.15, -0.1) is 0 Å². The molecule has 0 unspecified atom stereocenters. The summed E-state index contributed by atoms with van der Waals surface area (Å²) in [5.74, 6) is 1.61. The van der Waals surface area contributed by atoms with E-state index in [1.165, 1.54) is 35.6 Å². The third kappa shape index (κ3) is 4.65. The van der Waals surface area contributed by atoms with Crippen molar-refractivity contribution in [3.8, 4) is 5.75 Å². The molecule has 33 heavy (non-hydrogen) atoms. The molecule has 2 aliphatic carbocycles. The number of carbonyl (C=O) groups excluding carboxylic acids is 1. The monoisotopic (exact) mass is 664 g/mol. The quantitative estimate of drug-likeness (QED) is 0.177. The number of halogens is 2. The molecule has 0 spiro atoms. The van der Waals surface area contributed by atoms with Crippen molar-refractivity contribution < 1.29 is 9.53 Å². The summed E-state index contributed by atoms with van der Waals surface area (Å²) in [6.45, 7) is 2.77. The predicted molar refractivity (Wildman–Crippen MR) is 149 cm³/mol. The summed E-state index contributed by atoms with van der Waals surface area (Å²) in [4.78, 5) is 12.6. The number of hydrogen-bond donors (Lipinski definition) is 1. The lowest BCUT2D eigenvalue weighted by Gasteiger charge is -2.15. The minimum absolute atomic E-state index is 0.0695. The van der Waals surface area contributed by atoms with Gasteiger partial charge in [-0.05, 0) is 103 Å². The van der Waals surface area contributed by atoms with Gasteiger partial charge in [0.2, 0.25) is 5.91 Å². The minimum Gasteiger partial charge on any atom is -0.487 e. The summed E-state index contributed by atoms with van der Waals surface area (Å²) < 4.78 is 8.28. The molecule has 2 saturated carbocycles. The van der Waals surface area contributed by atoms with Gasteiger partial charge in [0.25, 0.3) is 0 Å². The van der Waals surface area contributed by atoms with Crippen LogP contribution in [0.4, 0.5) is 0 Å². The molecule has 3 aromatic rings. The molecule has 170 valence electrons. The molecule has 3 aromatic carbocycles. The number of hydrogen-bond acceptors (Lipinski definition) is 3. The summed E-state index contributed by atoms with van der Waals surface area (Å²) in [5, 5.41) is 6.69. The fourth-order valence-corrected chi connectivity index (χ4v) is 7.58. The van der Waals surface area contributed by atoms with E-state index in [2.05, 4.69) is 105 Å². The molecule has 1 amide bonds. The standard InChI is InChI=1S/C27H26I2N2O2/c1-27-12-5-4-11-21(27)24(27)26(32)31-30-15-17-13-22(28)25(23(29)14-17)33-16-19-9-6-8-18-7-2-3-10-20(18)19/h2-3,6-10,13-15,21,24H,4-5,11-12,16H2,1H3,(H,31,32)/b30-15-/t21-,24-,27-/m1/s1. The van der Waals surface area contributed by atoms with Crippen LogP contribution < -0.4 is 10.2 Å². The number of rotatable bonds is 6. The van der Waals surface area contributed by atoms with Gasteiger partial charge < -0.3 is 4.74 Å². The molecule has 5 rings (SSSR count). The number of ether oxygens (including phenoxy) is 1. The van der Waals surface area contributed by atoms with Crippen LogP contribution in [0.1, 0.15) is 43.7 Å². The van der Waals surface area contributed by atoms with Crippen LogP contribution in [-0.2, 0) is 11.4 Å². The zero-order valence-electron chi connectivity index (χ0n) is 18.5. The Balaban J connectivity index is 1.23. The van der Waals surface area contributed by atoms with E-state index in [1.54, 1.807) is 6.21 Å². The average Bonchev–Trinajstić information content (AvgIpc) is 3.44. The van der Waals surface area contributed by atoms with E-state index in [9.17, 15) is 4.79 Å². The largest absolute Gasteiger partial charge is 0.487 e. The first-order chi connectivity index (χ1) is 16.0. The second-order valence-electron chi connectivity index (χ2n) is 9.31. The van der Waals surface area contributed by atoms with E-state index in [0.29, 0.717) is 12.5 Å². The van der Waals surface area contributed by atoms with Gasteiger partial charge >= 0.3 is 0 Å². The lowest BCUT2D eigenvalue weighted by molar-refractivity contribution is -0.123. The topological polar surface area (TPSA) is 50.7 Å². The molecule has 0 radical (unpaired) electrons. The highest BCUT2D eigenvalue weighted by molar-refractivity contribution is 14.1. The van der Waals surface area contributed by atoms with Crippen LogP contribution in [0.15, 0.2) is 59.7 Å². The van der Waals surface area contributed by atoms with Gasteiger partial charge in [0.15, 0.2) is 0 Å². The average molecular weight is 664 g/mol. The maximum Gasteiger partial charge on any atom is 0.244 e. The smallest absolute Gasteiger partial charge is 0.244 e. The Hall–Kier alpha value is -1.68. The van der Waals surface area contributed by atoms with E-state index in [1.807, 2.05) is 12.1 Å². The Bertz CT molecular complexity index is 1210. The first-order valence-electron chi connectivity index (χ1n) is 11.4. The van der Waals surface area contributed by atoms with Crippen LogP contribution in [0, 0.1) is 24.4 Å². The lowest BCUT2D eigenvalue weighted by Crippen LogP contribution is -2.22. The van der Waals surface area contributed by atoms with Gasteiger partial charge in [-0.3, -0.25) is 4.79 Å². The summed E-state index contributed by atoms with van der Waals surface area (Å²) in [5.41, 5.74) is 5.10. The second kappa shape index (κ2) is 9.52. The molecule has 0 heterocycles. The maximum absolute atomic E-state index is 12.6. The SMILES string of the molecule is C[C@@]12CCCC[C@@H]1[C@@H]2C(=O)N/N=C\c1cc(I)c(OCc2cccc3ccccc23)c(I)c1. The lowest BCUT2D eigenvalue weighted by atomic mass is 9.90. The Labute approximate surface area is 221 Å². The Morgan fingerprint density at radius 2 is 1.91 bits per heavy atom. The van der Waals surface area contributed by atoms with E-state index in [-0.39, 0.29) is 17.2 Å². The van der Waals surface area contributed by atoms with Gasteiger partial charge in [-0.1, -0.05) is 62.2 Å². The van der Waals surface area contributed by atoms with Gasteiger partial charge in [0.1, 0.15) is 12.4 Å². The molecule has 0 saturated heterocycles. The van der Waals surface area contributed by atoms with E-state index >= 15 is 0 Å². The number of benzene rings is 3. The number of hydrazone groups is 1. The summed E-state index contributed by atoms with van der Waals surface area (Å²) in [6.07, 6.45) is 6.56. The molecule has 3 atom stereocenters. The molecule has 4 nitrogen and oxygen atoms in total. The van der Waals surface area contributed by atoms with Gasteiger partial charge in [0, 0.05) is 5.92 Å². The highest BCUT2D eigenvalue weighted by atomic mass is 127. The first-order valence-corrected chi connectivity index (χ1v) is 13.5.